The molecular weight excluding hydrogens is 582 g/mol. The topological polar surface area (TPSA) is 137 Å². The Balaban J connectivity index is 1.39. The summed E-state index contributed by atoms with van der Waals surface area (Å²) in [6.07, 6.45) is 4.90. The van der Waals surface area contributed by atoms with Crippen LogP contribution in [-0.2, 0) is 32.0 Å². The van der Waals surface area contributed by atoms with Gasteiger partial charge in [0.15, 0.2) is 0 Å². The Morgan fingerprint density at radius 1 is 0.935 bits per heavy atom. The van der Waals surface area contributed by atoms with E-state index in [-0.39, 0.29) is 42.0 Å². The van der Waals surface area contributed by atoms with Gasteiger partial charge in [0.05, 0.1) is 6.04 Å². The Hall–Kier alpha value is -4.73. The van der Waals surface area contributed by atoms with Crippen molar-refractivity contribution in [2.24, 2.45) is 23.2 Å². The molecule has 0 spiro atoms. The lowest BCUT2D eigenvalue weighted by Gasteiger charge is -2.35. The highest BCUT2D eigenvalue weighted by molar-refractivity contribution is 6.38. The molecule has 5 rings (SSSR count). The molecule has 5 amide bonds. The first-order valence-electron chi connectivity index (χ1n) is 15.9. The number of allylic oxidation sites excluding steroid dienone is 1. The fraction of sp³-hybridized carbons (Fsp3) is 0.417. The zero-order valence-corrected chi connectivity index (χ0v) is 26.5. The van der Waals surface area contributed by atoms with Crippen LogP contribution in [0.25, 0.3) is 0 Å². The number of ketones is 1. The molecule has 2 aromatic carbocycles. The number of carbonyl (C=O) groups excluding carboxylic acids is 5. The second-order valence-electron chi connectivity index (χ2n) is 13.1. The smallest absolute Gasteiger partial charge is 0.319 e. The maximum absolute atomic E-state index is 14.5. The Bertz CT molecular complexity index is 1500. The van der Waals surface area contributed by atoms with Crippen molar-refractivity contribution in [1.29, 1.82) is 0 Å². The average Bonchev–Trinajstić information content (AvgIpc) is 3.40. The van der Waals surface area contributed by atoms with Crippen LogP contribution >= 0.6 is 0 Å². The molecule has 2 aliphatic carbocycles. The highest BCUT2D eigenvalue weighted by Crippen LogP contribution is 2.65. The summed E-state index contributed by atoms with van der Waals surface area (Å²) in [5, 5.41) is 11.1. The Morgan fingerprint density at radius 3 is 2.22 bits per heavy atom. The third kappa shape index (κ3) is 6.76. The van der Waals surface area contributed by atoms with Gasteiger partial charge in [-0.15, -0.1) is 13.2 Å². The van der Waals surface area contributed by atoms with Crippen LogP contribution < -0.4 is 21.3 Å². The van der Waals surface area contributed by atoms with E-state index >= 15 is 0 Å². The molecule has 0 bridgehead atoms. The highest BCUT2D eigenvalue weighted by Gasteiger charge is 2.69. The summed E-state index contributed by atoms with van der Waals surface area (Å²) in [4.78, 5) is 69.0. The van der Waals surface area contributed by atoms with Gasteiger partial charge in [0.25, 0.3) is 5.91 Å². The maximum Gasteiger partial charge on any atom is 0.319 e. The third-order valence-corrected chi connectivity index (χ3v) is 9.82. The standard InChI is InChI=1S/C36H43N5O5/c1-5-7-17-27(31(42)33(44)37-18-6-2)39-32(43)30-28-26(36(28,3)4)21-41(30)34(45)29(24-19-22-13-11-12-14-23(22)20-24)40-35(46)38-25-15-9-8-10-16-25/h5-6,8-16,24,26-30H,1-2,7,17-21H2,3-4H3,(H,37,44)(H,39,43)(H2,38,40,46)/t26-,27?,28-,29+,30+/m1/s1. The number of piperidine rings is 1. The van der Waals surface area contributed by atoms with Gasteiger partial charge in [0.2, 0.25) is 17.6 Å². The summed E-state index contributed by atoms with van der Waals surface area (Å²) in [6, 6.07) is 13.7. The van der Waals surface area contributed by atoms with Gasteiger partial charge in [-0.1, -0.05) is 68.5 Å². The van der Waals surface area contributed by atoms with Crippen molar-refractivity contribution < 1.29 is 24.0 Å². The molecule has 2 aromatic rings. The summed E-state index contributed by atoms with van der Waals surface area (Å²) in [5.41, 5.74) is 2.68. The van der Waals surface area contributed by atoms with Gasteiger partial charge in [-0.2, -0.15) is 0 Å². The van der Waals surface area contributed by atoms with Gasteiger partial charge in [0.1, 0.15) is 12.1 Å². The quantitative estimate of drug-likeness (QED) is 0.200. The minimum absolute atomic E-state index is 0.0880. The van der Waals surface area contributed by atoms with E-state index in [0.717, 1.165) is 11.1 Å². The molecular formula is C36H43N5O5. The number of likely N-dealkylation sites (tertiary alicyclic amines) is 1. The minimum Gasteiger partial charge on any atom is -0.346 e. The highest BCUT2D eigenvalue weighted by atomic mass is 16.2. The molecule has 4 N–H and O–H groups in total. The zero-order valence-electron chi connectivity index (χ0n) is 26.5. The van der Waals surface area contributed by atoms with Gasteiger partial charge in [-0.3, -0.25) is 19.2 Å². The van der Waals surface area contributed by atoms with Gasteiger partial charge in [-0.25, -0.2) is 4.79 Å². The Labute approximate surface area is 270 Å². The lowest BCUT2D eigenvalue weighted by atomic mass is 9.93. The number of anilines is 1. The monoisotopic (exact) mass is 625 g/mol. The minimum atomic E-state index is -1.08. The molecule has 0 aromatic heterocycles. The number of Topliss-reactive ketones (excluding diaryl/α,β-unsaturated/α-hetero) is 1. The van der Waals surface area contributed by atoms with Crippen molar-refractivity contribution in [1.82, 2.24) is 20.9 Å². The summed E-state index contributed by atoms with van der Waals surface area (Å²) < 4.78 is 0. The van der Waals surface area contributed by atoms with E-state index in [4.69, 9.17) is 0 Å². The average molecular weight is 626 g/mol. The lowest BCUT2D eigenvalue weighted by molar-refractivity contribution is -0.144. The number of nitrogens with one attached hydrogen (secondary N) is 4. The second-order valence-corrected chi connectivity index (χ2v) is 13.1. The summed E-state index contributed by atoms with van der Waals surface area (Å²) in [5.74, 6) is -2.64. The van der Waals surface area contributed by atoms with E-state index in [1.54, 1.807) is 23.1 Å². The molecule has 1 aliphatic heterocycles. The first-order chi connectivity index (χ1) is 22.1. The first-order valence-corrected chi connectivity index (χ1v) is 15.9. The van der Waals surface area contributed by atoms with Gasteiger partial charge in [-0.05, 0) is 72.1 Å². The van der Waals surface area contributed by atoms with Crippen molar-refractivity contribution in [3.8, 4) is 0 Å². The number of carbonyl (C=O) groups is 5. The number of hydrogen-bond donors (Lipinski definition) is 4. The number of urea groups is 1. The molecule has 2 fully saturated rings. The summed E-state index contributed by atoms with van der Waals surface area (Å²) in [7, 11) is 0. The Morgan fingerprint density at radius 2 is 1.59 bits per heavy atom. The molecule has 46 heavy (non-hydrogen) atoms. The fourth-order valence-electron chi connectivity index (χ4n) is 7.25. The Kier molecular flexibility index (Phi) is 9.74. The predicted octanol–water partition coefficient (Wildman–Crippen LogP) is 3.40. The van der Waals surface area contributed by atoms with E-state index < -0.39 is 41.8 Å². The fourth-order valence-corrected chi connectivity index (χ4v) is 7.25. The molecule has 10 nitrogen and oxygen atoms in total. The van der Waals surface area contributed by atoms with Crippen LogP contribution in [0.1, 0.15) is 37.8 Å². The number of para-hydroxylation sites is 1. The van der Waals surface area contributed by atoms with Crippen LogP contribution in [0.4, 0.5) is 10.5 Å². The maximum atomic E-state index is 14.5. The number of hydrogen-bond acceptors (Lipinski definition) is 5. The van der Waals surface area contributed by atoms with Crippen LogP contribution in [0.15, 0.2) is 79.9 Å². The van der Waals surface area contributed by atoms with Crippen LogP contribution in [-0.4, -0.2) is 65.7 Å². The van der Waals surface area contributed by atoms with Crippen molar-refractivity contribution in [3.63, 3.8) is 0 Å². The van der Waals surface area contributed by atoms with E-state index in [9.17, 15) is 24.0 Å². The largest absolute Gasteiger partial charge is 0.346 e. The van der Waals surface area contributed by atoms with Crippen LogP contribution in [0.5, 0.6) is 0 Å². The van der Waals surface area contributed by atoms with Crippen molar-refractivity contribution in [3.05, 3.63) is 91.0 Å². The van der Waals surface area contributed by atoms with E-state index in [0.29, 0.717) is 31.5 Å². The van der Waals surface area contributed by atoms with Crippen LogP contribution in [0.3, 0.4) is 0 Å². The number of rotatable bonds is 13. The van der Waals surface area contributed by atoms with E-state index in [2.05, 4.69) is 48.3 Å². The molecule has 1 saturated carbocycles. The molecule has 5 atom stereocenters. The molecule has 3 aliphatic rings. The van der Waals surface area contributed by atoms with Crippen LogP contribution in [0.2, 0.25) is 0 Å². The summed E-state index contributed by atoms with van der Waals surface area (Å²) in [6.45, 7) is 11.9. The molecule has 1 saturated heterocycles. The lowest BCUT2D eigenvalue weighted by Crippen LogP contribution is -2.60. The normalized spacial score (nSPS) is 22.0. The number of amides is 5. The SMILES string of the molecule is C=CCCC(NC(=O)[C@@H]1[C@H]2[C@@H](CN1C(=O)[C@@H](NC(=O)Nc1ccccc1)C1Cc3ccccc3C1)C2(C)C)C(=O)C(=O)NCC=C. The summed E-state index contributed by atoms with van der Waals surface area (Å²) >= 11 is 0. The molecule has 0 radical (unpaired) electrons. The zero-order chi connectivity index (χ0) is 33.0. The number of fused-ring (bicyclic) bond motifs is 2. The van der Waals surface area contributed by atoms with Gasteiger partial charge < -0.3 is 26.2 Å². The van der Waals surface area contributed by atoms with Gasteiger partial charge in [0, 0.05) is 18.8 Å². The molecule has 242 valence electrons. The second kappa shape index (κ2) is 13.7. The third-order valence-electron chi connectivity index (χ3n) is 9.82. The van der Waals surface area contributed by atoms with Crippen molar-refractivity contribution in [2.45, 2.75) is 57.7 Å². The van der Waals surface area contributed by atoms with E-state index in [1.165, 1.54) is 6.08 Å². The number of benzene rings is 2. The molecule has 10 heteroatoms. The van der Waals surface area contributed by atoms with Crippen molar-refractivity contribution in [2.75, 3.05) is 18.4 Å². The molecule has 1 unspecified atom stereocenters. The van der Waals surface area contributed by atoms with E-state index in [1.807, 2.05) is 42.5 Å². The van der Waals surface area contributed by atoms with Gasteiger partial charge >= 0.3 is 6.03 Å². The molecule has 1 heterocycles. The number of nitrogens with zero attached hydrogens (tertiary/aromatic N) is 1. The van der Waals surface area contributed by atoms with Crippen molar-refractivity contribution >= 4 is 35.2 Å². The predicted molar refractivity (Wildman–Crippen MR) is 176 cm³/mol. The van der Waals surface area contributed by atoms with Crippen LogP contribution in [0, 0.1) is 23.2 Å². The first kappa shape index (κ1) is 32.7.